The van der Waals surface area contributed by atoms with E-state index >= 15 is 0 Å². The molecule has 0 fully saturated rings. The van der Waals surface area contributed by atoms with Crippen LogP contribution in [-0.2, 0) is 0 Å². The van der Waals surface area contributed by atoms with Gasteiger partial charge >= 0.3 is 0 Å². The van der Waals surface area contributed by atoms with E-state index in [9.17, 15) is 0 Å². The first-order valence-corrected chi connectivity index (χ1v) is 7.24. The molecular formula is C12H11N3S3. The Morgan fingerprint density at radius 2 is 2.28 bits per heavy atom. The lowest BCUT2D eigenvalue weighted by Crippen LogP contribution is -2.26. The van der Waals surface area contributed by atoms with Crippen LogP contribution >= 0.6 is 34.9 Å². The lowest BCUT2D eigenvalue weighted by molar-refractivity contribution is 1.21. The summed E-state index contributed by atoms with van der Waals surface area (Å²) in [7, 11) is 0. The fourth-order valence-corrected chi connectivity index (χ4v) is 2.96. The number of anilines is 1. The summed E-state index contributed by atoms with van der Waals surface area (Å²) >= 11 is 8.30. The fraction of sp³-hybridized carbons (Fsp3) is 0. The minimum absolute atomic E-state index is 0.465. The Kier molecular flexibility index (Phi) is 4.24. The topological polar surface area (TPSA) is 37.0 Å². The van der Waals surface area contributed by atoms with Gasteiger partial charge in [0.15, 0.2) is 10.2 Å². The van der Waals surface area contributed by atoms with Gasteiger partial charge in [0, 0.05) is 11.1 Å². The second-order valence-corrected chi connectivity index (χ2v) is 5.54. The van der Waals surface area contributed by atoms with Crippen molar-refractivity contribution in [1.29, 1.82) is 0 Å². The number of nitrogens with zero attached hydrogens (tertiary/aromatic N) is 1. The van der Waals surface area contributed by atoms with Gasteiger partial charge in [-0.3, -0.25) is 0 Å². The Bertz CT molecular complexity index is 569. The van der Waals surface area contributed by atoms with Gasteiger partial charge in [-0.2, -0.15) is 0 Å². The molecule has 0 saturated carbocycles. The lowest BCUT2D eigenvalue weighted by Gasteiger charge is -2.06. The van der Waals surface area contributed by atoms with Crippen molar-refractivity contribution in [1.82, 2.24) is 10.3 Å². The van der Waals surface area contributed by atoms with Crippen LogP contribution in [0.15, 0.2) is 47.8 Å². The molecule has 18 heavy (non-hydrogen) atoms. The zero-order valence-electron chi connectivity index (χ0n) is 9.47. The number of allylic oxidation sites excluding steroid dienone is 1. The lowest BCUT2D eigenvalue weighted by atomic mass is 10.4. The zero-order valence-corrected chi connectivity index (χ0v) is 11.9. The maximum atomic E-state index is 5.13. The highest BCUT2D eigenvalue weighted by atomic mass is 32.1. The molecular weight excluding hydrogens is 282 g/mol. The third-order valence-electron chi connectivity index (χ3n) is 2.02. The van der Waals surface area contributed by atoms with Gasteiger partial charge in [0.1, 0.15) is 0 Å². The Balaban J connectivity index is 2.01. The number of hydrogen-bond donors (Lipinski definition) is 2. The van der Waals surface area contributed by atoms with Crippen molar-refractivity contribution in [3.8, 4) is 10.6 Å². The number of aromatic nitrogens is 1. The van der Waals surface area contributed by atoms with E-state index in [2.05, 4.69) is 28.8 Å². The maximum Gasteiger partial charge on any atom is 0.189 e. The number of thiazole rings is 1. The van der Waals surface area contributed by atoms with Gasteiger partial charge in [-0.15, -0.1) is 22.7 Å². The van der Waals surface area contributed by atoms with Gasteiger partial charge in [-0.25, -0.2) is 4.98 Å². The molecule has 0 unspecified atom stereocenters. The van der Waals surface area contributed by atoms with E-state index in [1.54, 1.807) is 17.4 Å². The molecule has 0 aromatic carbocycles. The van der Waals surface area contributed by atoms with Gasteiger partial charge in [0.05, 0.1) is 10.6 Å². The molecule has 0 spiro atoms. The van der Waals surface area contributed by atoms with Crippen molar-refractivity contribution in [3.05, 3.63) is 47.8 Å². The third-order valence-corrected chi connectivity index (χ3v) is 3.87. The summed E-state index contributed by atoms with van der Waals surface area (Å²) in [6, 6.07) is 4.05. The largest absolute Gasteiger partial charge is 0.333 e. The summed E-state index contributed by atoms with van der Waals surface area (Å²) in [6.45, 7) is 7.33. The molecule has 0 aliphatic carbocycles. The average Bonchev–Trinajstić information content (AvgIpc) is 2.98. The SMILES string of the molecule is C=CC(=C)NC(=S)Nc1nc(-c2cccs2)cs1. The van der Waals surface area contributed by atoms with Gasteiger partial charge in [0.25, 0.3) is 0 Å². The van der Waals surface area contributed by atoms with Gasteiger partial charge < -0.3 is 10.6 Å². The Morgan fingerprint density at radius 3 is 2.94 bits per heavy atom. The molecule has 2 heterocycles. The highest BCUT2D eigenvalue weighted by Crippen LogP contribution is 2.28. The molecule has 0 amide bonds. The predicted octanol–water partition coefficient (Wildman–Crippen LogP) is 3.86. The van der Waals surface area contributed by atoms with Crippen LogP contribution in [0, 0.1) is 0 Å². The minimum Gasteiger partial charge on any atom is -0.333 e. The highest BCUT2D eigenvalue weighted by molar-refractivity contribution is 7.80. The molecule has 0 aliphatic heterocycles. The number of nitrogens with one attached hydrogen (secondary N) is 2. The standard InChI is InChI=1S/C12H11N3S3/c1-3-8(2)13-11(16)15-12-14-9(7-18-12)10-5-4-6-17-10/h3-7H,1-2H2,(H2,13,14,15,16). The molecule has 0 saturated heterocycles. The zero-order chi connectivity index (χ0) is 13.0. The normalized spacial score (nSPS) is 9.78. The minimum atomic E-state index is 0.465. The first kappa shape index (κ1) is 12.9. The number of thiophene rings is 1. The number of thiocarbonyl (C=S) groups is 1. The van der Waals surface area contributed by atoms with Gasteiger partial charge in [0.2, 0.25) is 0 Å². The molecule has 0 radical (unpaired) electrons. The highest BCUT2D eigenvalue weighted by Gasteiger charge is 2.06. The summed E-state index contributed by atoms with van der Waals surface area (Å²) in [5, 5.41) is 11.2. The van der Waals surface area contributed by atoms with E-state index in [0.717, 1.165) is 15.7 Å². The molecule has 0 atom stereocenters. The summed E-state index contributed by atoms with van der Waals surface area (Å²) < 4.78 is 0. The Labute approximate surface area is 119 Å². The molecule has 0 aliphatic rings. The van der Waals surface area contributed by atoms with E-state index in [4.69, 9.17) is 12.2 Å². The first-order valence-electron chi connectivity index (χ1n) is 5.08. The summed E-state index contributed by atoms with van der Waals surface area (Å²) in [5.41, 5.74) is 1.62. The second-order valence-electron chi connectivity index (χ2n) is 3.32. The maximum absolute atomic E-state index is 5.13. The Morgan fingerprint density at radius 1 is 1.44 bits per heavy atom. The number of rotatable bonds is 4. The van der Waals surface area contributed by atoms with E-state index in [-0.39, 0.29) is 0 Å². The quantitative estimate of drug-likeness (QED) is 0.663. The third kappa shape index (κ3) is 3.25. The summed E-state index contributed by atoms with van der Waals surface area (Å²) in [4.78, 5) is 5.61. The van der Waals surface area contributed by atoms with Crippen molar-refractivity contribution in [3.63, 3.8) is 0 Å². The summed E-state index contributed by atoms with van der Waals surface area (Å²) in [5.74, 6) is 0. The summed E-state index contributed by atoms with van der Waals surface area (Å²) in [6.07, 6.45) is 1.60. The van der Waals surface area contributed by atoms with Crippen LogP contribution in [0.4, 0.5) is 5.13 Å². The molecule has 0 bridgehead atoms. The first-order chi connectivity index (χ1) is 8.69. The predicted molar refractivity (Wildman–Crippen MR) is 84.1 cm³/mol. The van der Waals surface area contributed by atoms with Crippen LogP contribution in [0.3, 0.4) is 0 Å². The molecule has 2 rings (SSSR count). The van der Waals surface area contributed by atoms with Crippen molar-refractivity contribution in [2.24, 2.45) is 0 Å². The average molecular weight is 293 g/mol. The van der Waals surface area contributed by atoms with E-state index in [1.807, 2.05) is 22.9 Å². The molecule has 92 valence electrons. The fourth-order valence-electron chi connectivity index (χ4n) is 1.19. The van der Waals surface area contributed by atoms with Crippen LogP contribution in [0.2, 0.25) is 0 Å². The van der Waals surface area contributed by atoms with Crippen LogP contribution < -0.4 is 10.6 Å². The van der Waals surface area contributed by atoms with Crippen LogP contribution in [0.25, 0.3) is 10.6 Å². The van der Waals surface area contributed by atoms with Crippen molar-refractivity contribution in [2.75, 3.05) is 5.32 Å². The van der Waals surface area contributed by atoms with E-state index < -0.39 is 0 Å². The van der Waals surface area contributed by atoms with Gasteiger partial charge in [-0.1, -0.05) is 19.2 Å². The van der Waals surface area contributed by atoms with Crippen LogP contribution in [0.1, 0.15) is 0 Å². The van der Waals surface area contributed by atoms with Crippen LogP contribution in [-0.4, -0.2) is 10.1 Å². The van der Waals surface area contributed by atoms with Crippen molar-refractivity contribution < 1.29 is 0 Å². The van der Waals surface area contributed by atoms with E-state index in [0.29, 0.717) is 10.8 Å². The van der Waals surface area contributed by atoms with Crippen molar-refractivity contribution in [2.45, 2.75) is 0 Å². The monoisotopic (exact) mass is 293 g/mol. The van der Waals surface area contributed by atoms with Gasteiger partial charge in [-0.05, 0) is 29.7 Å². The van der Waals surface area contributed by atoms with E-state index in [1.165, 1.54) is 11.3 Å². The Hall–Kier alpha value is -1.50. The smallest absolute Gasteiger partial charge is 0.189 e. The molecule has 2 aromatic heterocycles. The van der Waals surface area contributed by atoms with Crippen LogP contribution in [0.5, 0.6) is 0 Å². The molecule has 2 aromatic rings. The molecule has 3 nitrogen and oxygen atoms in total. The second kappa shape index (κ2) is 5.90. The molecule has 2 N–H and O–H groups in total. The van der Waals surface area contributed by atoms with Crippen molar-refractivity contribution >= 4 is 45.1 Å². The number of hydrogen-bond acceptors (Lipinski definition) is 4. The molecule has 6 heteroatoms.